The molecule has 0 saturated carbocycles. The van der Waals surface area contributed by atoms with Gasteiger partial charge in [0, 0.05) is 50.0 Å². The van der Waals surface area contributed by atoms with Gasteiger partial charge < -0.3 is 19.1 Å². The molecule has 1 aliphatic heterocycles. The Hall–Kier alpha value is -4.34. The maximum atomic E-state index is 6.52. The average molecular weight is 897 g/mol. The standard InChI is InChI=1S/C48H53N4O.Pt/c1-45(2,3)32-16-18-40-41-19-17-39(30-43(41)52(42(40)27-32)44-28-33(20-21-49-44)46(4,5)6)53-38-15-13-14-36(29-38)50-22-23-51(31-50)37-25-34(47(7,8)9)24-35(26-37)48(10,11)12;/h13-28,31H,1-12H3;/q-3;. The molecule has 6 aromatic rings. The summed E-state index contributed by atoms with van der Waals surface area (Å²) in [6, 6.07) is 35.3. The smallest absolute Gasteiger partial charge is 0.135 e. The normalized spacial score (nSPS) is 13.9. The van der Waals surface area contributed by atoms with Gasteiger partial charge in [-0.3, -0.25) is 0 Å². The van der Waals surface area contributed by atoms with E-state index in [1.165, 1.54) is 22.3 Å². The van der Waals surface area contributed by atoms with Gasteiger partial charge in [-0.05, 0) is 92.0 Å². The molecule has 0 radical (unpaired) electrons. The molecule has 0 amide bonds. The van der Waals surface area contributed by atoms with Crippen LogP contribution in [-0.4, -0.2) is 9.55 Å². The van der Waals surface area contributed by atoms with Crippen LogP contribution in [0.25, 0.3) is 27.6 Å². The fraction of sp³-hybridized carbons (Fsp3) is 0.333. The summed E-state index contributed by atoms with van der Waals surface area (Å²) in [5.74, 6) is 2.11. The van der Waals surface area contributed by atoms with E-state index in [1.807, 2.05) is 24.4 Å². The molecular formula is C48H53N4OPt-3. The molecule has 1 aliphatic rings. The Morgan fingerprint density at radius 1 is 0.574 bits per heavy atom. The van der Waals surface area contributed by atoms with Gasteiger partial charge in [-0.15, -0.1) is 48.1 Å². The van der Waals surface area contributed by atoms with Gasteiger partial charge in [-0.25, -0.2) is 4.98 Å². The van der Waals surface area contributed by atoms with E-state index in [4.69, 9.17) is 9.72 Å². The van der Waals surface area contributed by atoms with E-state index in [-0.39, 0.29) is 42.7 Å². The van der Waals surface area contributed by atoms with Crippen LogP contribution in [0.3, 0.4) is 0 Å². The molecule has 4 aromatic carbocycles. The van der Waals surface area contributed by atoms with Crippen molar-refractivity contribution in [3.8, 4) is 17.3 Å². The van der Waals surface area contributed by atoms with Gasteiger partial charge in [0.1, 0.15) is 5.82 Å². The van der Waals surface area contributed by atoms with Crippen molar-refractivity contribution in [2.45, 2.75) is 105 Å². The van der Waals surface area contributed by atoms with Crippen LogP contribution in [0.15, 0.2) is 97.5 Å². The van der Waals surface area contributed by atoms with Gasteiger partial charge in [-0.2, -0.15) is 12.1 Å². The van der Waals surface area contributed by atoms with Crippen molar-refractivity contribution in [1.82, 2.24) is 9.55 Å². The number of pyridine rings is 1. The second kappa shape index (κ2) is 14.1. The molecule has 0 fully saturated rings. The van der Waals surface area contributed by atoms with Crippen LogP contribution in [-0.2, 0) is 42.7 Å². The number of anilines is 2. The summed E-state index contributed by atoms with van der Waals surface area (Å²) in [7, 11) is 0. The molecule has 0 spiro atoms. The zero-order valence-electron chi connectivity index (χ0n) is 33.8. The van der Waals surface area contributed by atoms with Gasteiger partial charge >= 0.3 is 0 Å². The molecule has 0 N–H and O–H groups in total. The van der Waals surface area contributed by atoms with Crippen LogP contribution in [0.1, 0.15) is 105 Å². The van der Waals surface area contributed by atoms with E-state index in [1.54, 1.807) is 0 Å². The van der Waals surface area contributed by atoms with E-state index in [0.29, 0.717) is 11.5 Å². The molecule has 0 bridgehead atoms. The Balaban J connectivity index is 0.00000497. The Kier molecular flexibility index (Phi) is 10.2. The topological polar surface area (TPSA) is 33.5 Å². The number of benzene rings is 4. The van der Waals surface area contributed by atoms with Crippen molar-refractivity contribution in [3.63, 3.8) is 0 Å². The Bertz CT molecular complexity index is 2330. The van der Waals surface area contributed by atoms with Gasteiger partial charge in [-0.1, -0.05) is 107 Å². The summed E-state index contributed by atoms with van der Waals surface area (Å²) in [6.07, 6.45) is 6.08. The number of aromatic nitrogens is 2. The van der Waals surface area contributed by atoms with E-state index in [9.17, 15) is 0 Å². The van der Waals surface area contributed by atoms with Crippen LogP contribution in [0.5, 0.6) is 11.5 Å². The average Bonchev–Trinajstić information content (AvgIpc) is 3.70. The van der Waals surface area contributed by atoms with Crippen molar-refractivity contribution < 1.29 is 25.8 Å². The summed E-state index contributed by atoms with van der Waals surface area (Å²) in [5, 5.41) is 2.27. The predicted molar refractivity (Wildman–Crippen MR) is 222 cm³/mol. The zero-order valence-corrected chi connectivity index (χ0v) is 36.1. The molecule has 284 valence electrons. The largest absolute Gasteiger partial charge is 0.509 e. The summed E-state index contributed by atoms with van der Waals surface area (Å²) in [5.41, 5.74) is 9.26. The monoisotopic (exact) mass is 896 g/mol. The first-order chi connectivity index (χ1) is 24.8. The predicted octanol–water partition coefficient (Wildman–Crippen LogP) is 12.7. The van der Waals surface area contributed by atoms with Crippen LogP contribution in [0.4, 0.5) is 11.4 Å². The quantitative estimate of drug-likeness (QED) is 0.161. The van der Waals surface area contributed by atoms with E-state index in [2.05, 4.69) is 189 Å². The first-order valence-electron chi connectivity index (χ1n) is 18.7. The molecule has 0 aliphatic carbocycles. The minimum absolute atomic E-state index is 0. The fourth-order valence-electron chi connectivity index (χ4n) is 6.73. The molecule has 0 atom stereocenters. The van der Waals surface area contributed by atoms with Crippen molar-refractivity contribution in [3.05, 3.63) is 139 Å². The van der Waals surface area contributed by atoms with Gasteiger partial charge in [0.15, 0.2) is 0 Å². The Morgan fingerprint density at radius 3 is 1.81 bits per heavy atom. The summed E-state index contributed by atoms with van der Waals surface area (Å²) >= 11 is 0. The Morgan fingerprint density at radius 2 is 1.17 bits per heavy atom. The van der Waals surface area contributed by atoms with Crippen molar-refractivity contribution in [2.75, 3.05) is 9.80 Å². The second-order valence-corrected chi connectivity index (χ2v) is 18.6. The van der Waals surface area contributed by atoms with Crippen LogP contribution in [0.2, 0.25) is 0 Å². The third kappa shape index (κ3) is 7.89. The minimum Gasteiger partial charge on any atom is -0.509 e. The molecule has 2 aromatic heterocycles. The summed E-state index contributed by atoms with van der Waals surface area (Å²) < 4.78 is 8.76. The van der Waals surface area contributed by atoms with Crippen LogP contribution >= 0.6 is 0 Å². The maximum Gasteiger partial charge on any atom is 0.135 e. The second-order valence-electron chi connectivity index (χ2n) is 18.6. The molecule has 3 heterocycles. The third-order valence-electron chi connectivity index (χ3n) is 10.2. The SMILES string of the molecule is CC(C)(C)c1cc(N2C=CN(c3[c-]c(Oc4[c-]c5c(cc4)c4ccc(C(C)(C)C)cc4n5-c4cc(C(C)(C)C)ccn4)ccc3)[CH-]2)cc(C(C)(C)C)c1.[Pt]. The molecule has 5 nitrogen and oxygen atoms in total. The summed E-state index contributed by atoms with van der Waals surface area (Å²) in [6.45, 7) is 29.2. The first kappa shape index (κ1) is 39.4. The fourth-order valence-corrected chi connectivity index (χ4v) is 6.73. The number of rotatable bonds is 5. The van der Waals surface area contributed by atoms with Crippen molar-refractivity contribution in [1.29, 1.82) is 0 Å². The zero-order chi connectivity index (χ0) is 38.1. The first-order valence-corrected chi connectivity index (χ1v) is 18.7. The van der Waals surface area contributed by atoms with Gasteiger partial charge in [0.2, 0.25) is 0 Å². The molecule has 7 rings (SSSR count). The van der Waals surface area contributed by atoms with Crippen LogP contribution in [0, 0.1) is 18.8 Å². The third-order valence-corrected chi connectivity index (χ3v) is 10.2. The number of fused-ring (bicyclic) bond motifs is 3. The van der Waals surface area contributed by atoms with Gasteiger partial charge in [0.25, 0.3) is 0 Å². The molecule has 0 unspecified atom stereocenters. The minimum atomic E-state index is -0.0172. The van der Waals surface area contributed by atoms with E-state index in [0.717, 1.165) is 39.0 Å². The van der Waals surface area contributed by atoms with Crippen molar-refractivity contribution in [2.24, 2.45) is 0 Å². The number of hydrogen-bond acceptors (Lipinski definition) is 4. The Labute approximate surface area is 337 Å². The molecule has 54 heavy (non-hydrogen) atoms. The number of ether oxygens (including phenoxy) is 1. The van der Waals surface area contributed by atoms with Crippen LogP contribution < -0.4 is 14.5 Å². The molecule has 6 heteroatoms. The van der Waals surface area contributed by atoms with Gasteiger partial charge in [0.05, 0.1) is 0 Å². The molecule has 0 saturated heterocycles. The van der Waals surface area contributed by atoms with E-state index >= 15 is 0 Å². The van der Waals surface area contributed by atoms with Crippen molar-refractivity contribution >= 4 is 33.2 Å². The van der Waals surface area contributed by atoms with E-state index < -0.39 is 0 Å². The molecular weight excluding hydrogens is 844 g/mol. The number of nitrogens with zero attached hydrogens (tertiary/aromatic N) is 4. The number of hydrogen-bond donors (Lipinski definition) is 0. The maximum absolute atomic E-state index is 6.52. The summed E-state index contributed by atoms with van der Waals surface area (Å²) in [4.78, 5) is 9.16.